The van der Waals surface area contributed by atoms with E-state index < -0.39 is 0 Å². The zero-order valence-corrected chi connectivity index (χ0v) is 16.3. The molecule has 1 aliphatic rings. The van der Waals surface area contributed by atoms with Crippen molar-refractivity contribution in [3.63, 3.8) is 0 Å². The average Bonchev–Trinajstić information content (AvgIpc) is 3.16. The summed E-state index contributed by atoms with van der Waals surface area (Å²) in [5, 5.41) is 10.1. The molecule has 2 aromatic heterocycles. The van der Waals surface area contributed by atoms with Crippen LogP contribution in [0.25, 0.3) is 17.0 Å². The van der Waals surface area contributed by atoms with Gasteiger partial charge in [0.05, 0.1) is 11.0 Å². The van der Waals surface area contributed by atoms with Gasteiger partial charge in [0.1, 0.15) is 11.6 Å². The van der Waals surface area contributed by atoms with Gasteiger partial charge in [-0.15, -0.1) is 0 Å². The molecule has 0 saturated carbocycles. The molecule has 29 heavy (non-hydrogen) atoms. The van der Waals surface area contributed by atoms with Crippen molar-refractivity contribution in [3.8, 4) is 5.95 Å². The number of fused-ring (bicyclic) bond motifs is 2. The first-order chi connectivity index (χ1) is 14.3. The second-order valence-corrected chi connectivity index (χ2v) is 7.08. The zero-order valence-electron chi connectivity index (χ0n) is 16.3. The summed E-state index contributed by atoms with van der Waals surface area (Å²) in [6, 6.07) is 18.4. The first-order valence-corrected chi connectivity index (χ1v) is 9.91. The number of nitrogens with one attached hydrogen (secondary N) is 3. The van der Waals surface area contributed by atoms with E-state index in [1.807, 2.05) is 41.9 Å². The van der Waals surface area contributed by atoms with Gasteiger partial charge >= 0.3 is 0 Å². The second-order valence-electron chi connectivity index (χ2n) is 7.08. The quantitative estimate of drug-likeness (QED) is 0.485. The van der Waals surface area contributed by atoms with Crippen LogP contribution in [0, 0.1) is 0 Å². The molecule has 0 atom stereocenters. The van der Waals surface area contributed by atoms with Gasteiger partial charge in [0.15, 0.2) is 0 Å². The third kappa shape index (κ3) is 3.24. The Bertz CT molecular complexity index is 1150. The van der Waals surface area contributed by atoms with Crippen LogP contribution < -0.4 is 16.0 Å². The van der Waals surface area contributed by atoms with E-state index in [2.05, 4.69) is 45.2 Å². The van der Waals surface area contributed by atoms with Gasteiger partial charge in [-0.1, -0.05) is 42.5 Å². The summed E-state index contributed by atoms with van der Waals surface area (Å²) >= 11 is 0. The van der Waals surface area contributed by atoms with Crippen molar-refractivity contribution in [2.45, 2.75) is 19.4 Å². The molecule has 1 aliphatic heterocycles. The van der Waals surface area contributed by atoms with Gasteiger partial charge in [0, 0.05) is 25.7 Å². The van der Waals surface area contributed by atoms with E-state index in [0.29, 0.717) is 12.5 Å². The Hall–Kier alpha value is -3.61. The third-order valence-electron chi connectivity index (χ3n) is 5.18. The first-order valence-electron chi connectivity index (χ1n) is 9.91. The molecule has 146 valence electrons. The van der Waals surface area contributed by atoms with Crippen molar-refractivity contribution >= 4 is 28.6 Å². The van der Waals surface area contributed by atoms with Gasteiger partial charge in [0.25, 0.3) is 0 Å². The maximum absolute atomic E-state index is 4.92. The van der Waals surface area contributed by atoms with Crippen LogP contribution in [0.15, 0.2) is 54.6 Å². The number of hydrogen-bond donors (Lipinski definition) is 3. The van der Waals surface area contributed by atoms with Crippen molar-refractivity contribution < 1.29 is 0 Å². The molecule has 7 nitrogen and oxygen atoms in total. The van der Waals surface area contributed by atoms with Crippen molar-refractivity contribution in [2.75, 3.05) is 29.5 Å². The van der Waals surface area contributed by atoms with Crippen LogP contribution in [-0.4, -0.2) is 33.1 Å². The molecule has 0 amide bonds. The molecule has 0 fully saturated rings. The number of para-hydroxylation sites is 2. The fraction of sp³-hybridized carbons (Fsp3) is 0.227. The largest absolute Gasteiger partial charge is 0.370 e. The van der Waals surface area contributed by atoms with Crippen LogP contribution in [0.5, 0.6) is 0 Å². The zero-order chi connectivity index (χ0) is 19.6. The maximum Gasteiger partial charge on any atom is 0.241 e. The van der Waals surface area contributed by atoms with Gasteiger partial charge < -0.3 is 16.0 Å². The van der Waals surface area contributed by atoms with E-state index in [0.717, 1.165) is 53.6 Å². The Morgan fingerprint density at radius 2 is 1.83 bits per heavy atom. The van der Waals surface area contributed by atoms with Crippen LogP contribution in [-0.2, 0) is 13.0 Å². The molecule has 0 aliphatic carbocycles. The minimum absolute atomic E-state index is 0.603. The summed E-state index contributed by atoms with van der Waals surface area (Å²) in [4.78, 5) is 14.4. The Kier molecular flexibility index (Phi) is 4.48. The molecule has 0 radical (unpaired) electrons. The molecule has 3 heterocycles. The highest BCUT2D eigenvalue weighted by atomic mass is 15.3. The number of anilines is 3. The lowest BCUT2D eigenvalue weighted by Gasteiger charge is -2.21. The molecule has 0 saturated heterocycles. The number of rotatable bonds is 5. The molecule has 7 heteroatoms. The number of nitrogens with zero attached hydrogens (tertiary/aromatic N) is 4. The normalized spacial score (nSPS) is 13.0. The van der Waals surface area contributed by atoms with E-state index in [1.165, 1.54) is 5.56 Å². The van der Waals surface area contributed by atoms with Gasteiger partial charge in [-0.2, -0.15) is 9.97 Å². The molecular formula is C22H23N7. The lowest BCUT2D eigenvalue weighted by Crippen LogP contribution is -2.19. The summed E-state index contributed by atoms with van der Waals surface area (Å²) in [6.07, 6.45) is 2.04. The van der Waals surface area contributed by atoms with E-state index >= 15 is 0 Å². The van der Waals surface area contributed by atoms with Crippen LogP contribution in [0.3, 0.4) is 0 Å². The van der Waals surface area contributed by atoms with Gasteiger partial charge in [-0.05, 0) is 30.5 Å². The average molecular weight is 385 g/mol. The Labute approximate surface area is 169 Å². The molecular weight excluding hydrogens is 362 g/mol. The van der Waals surface area contributed by atoms with Gasteiger partial charge in [-0.25, -0.2) is 9.55 Å². The van der Waals surface area contributed by atoms with Crippen LogP contribution >= 0.6 is 0 Å². The Morgan fingerprint density at radius 3 is 2.69 bits per heavy atom. The standard InChI is InChI=1S/C22H23N7/c1-23-21-26-17-11-5-6-12-18(17)29(21)22-27-19-16(10-7-13-24-19)20(28-22)25-14-15-8-3-2-4-9-15/h2-6,8-9,11-12H,7,10,13-14H2,1H3,(H,23,26)(H2,24,25,27,28). The van der Waals surface area contributed by atoms with E-state index in [1.54, 1.807) is 0 Å². The van der Waals surface area contributed by atoms with Crippen molar-refractivity contribution in [2.24, 2.45) is 0 Å². The SMILES string of the molecule is CNc1nc2ccccc2n1-c1nc2c(c(NCc3ccccc3)n1)CCCN2. The minimum Gasteiger partial charge on any atom is -0.370 e. The highest BCUT2D eigenvalue weighted by Gasteiger charge is 2.21. The van der Waals surface area contributed by atoms with Crippen LogP contribution in [0.1, 0.15) is 17.5 Å². The summed E-state index contributed by atoms with van der Waals surface area (Å²) in [5.74, 6) is 3.10. The summed E-state index contributed by atoms with van der Waals surface area (Å²) in [5.41, 5.74) is 4.24. The first kappa shape index (κ1) is 17.5. The summed E-state index contributed by atoms with van der Waals surface area (Å²) in [7, 11) is 1.86. The number of aromatic nitrogens is 4. The maximum atomic E-state index is 4.92. The highest BCUT2D eigenvalue weighted by Crippen LogP contribution is 2.30. The van der Waals surface area contributed by atoms with Crippen molar-refractivity contribution in [1.82, 2.24) is 19.5 Å². The van der Waals surface area contributed by atoms with E-state index in [-0.39, 0.29) is 0 Å². The molecule has 5 rings (SSSR count). The molecule has 0 bridgehead atoms. The van der Waals surface area contributed by atoms with Gasteiger partial charge in [-0.3, -0.25) is 0 Å². The predicted octanol–water partition coefficient (Wildman–Crippen LogP) is 3.83. The molecule has 4 aromatic rings. The third-order valence-corrected chi connectivity index (χ3v) is 5.18. The molecule has 0 unspecified atom stereocenters. The summed E-state index contributed by atoms with van der Waals surface area (Å²) < 4.78 is 1.97. The fourth-order valence-corrected chi connectivity index (χ4v) is 3.75. The van der Waals surface area contributed by atoms with E-state index in [9.17, 15) is 0 Å². The van der Waals surface area contributed by atoms with E-state index in [4.69, 9.17) is 9.97 Å². The summed E-state index contributed by atoms with van der Waals surface area (Å²) in [6.45, 7) is 1.64. The van der Waals surface area contributed by atoms with Gasteiger partial charge in [0.2, 0.25) is 11.9 Å². The minimum atomic E-state index is 0.603. The number of benzene rings is 2. The van der Waals surface area contributed by atoms with Crippen LogP contribution in [0.4, 0.5) is 17.6 Å². The molecule has 0 spiro atoms. The van der Waals surface area contributed by atoms with Crippen LogP contribution in [0.2, 0.25) is 0 Å². The molecule has 3 N–H and O–H groups in total. The lowest BCUT2D eigenvalue weighted by molar-refractivity contribution is 0.799. The lowest BCUT2D eigenvalue weighted by atomic mass is 10.1. The second kappa shape index (κ2) is 7.43. The Morgan fingerprint density at radius 1 is 1.00 bits per heavy atom. The smallest absolute Gasteiger partial charge is 0.241 e. The monoisotopic (exact) mass is 385 g/mol. The Balaban J connectivity index is 1.61. The fourth-order valence-electron chi connectivity index (χ4n) is 3.75. The predicted molar refractivity (Wildman–Crippen MR) is 117 cm³/mol. The topological polar surface area (TPSA) is 79.7 Å². The van der Waals surface area contributed by atoms with Crippen molar-refractivity contribution in [3.05, 3.63) is 65.7 Å². The number of imidazole rings is 1. The van der Waals surface area contributed by atoms with Crippen molar-refractivity contribution in [1.29, 1.82) is 0 Å². The highest BCUT2D eigenvalue weighted by molar-refractivity contribution is 5.80. The molecule has 2 aromatic carbocycles. The number of hydrogen-bond acceptors (Lipinski definition) is 6.